The highest BCUT2D eigenvalue weighted by molar-refractivity contribution is 5.67. The molecular weight excluding hydrogens is 178 g/mol. The first-order valence-electron chi connectivity index (χ1n) is 4.63. The van der Waals surface area contributed by atoms with Crippen molar-refractivity contribution in [2.24, 2.45) is 5.16 Å². The normalized spacial score (nSPS) is 13.0. The van der Waals surface area contributed by atoms with Gasteiger partial charge in [0.25, 0.3) is 0 Å². The Balaban J connectivity index is 2.83. The number of hydrogen-bond donors (Lipinski definition) is 1. The Morgan fingerprint density at radius 1 is 1.43 bits per heavy atom. The summed E-state index contributed by atoms with van der Waals surface area (Å²) in [4.78, 5) is 0. The van der Waals surface area contributed by atoms with Crippen LogP contribution in [0.25, 0.3) is 0 Å². The molecule has 1 rings (SSSR count). The van der Waals surface area contributed by atoms with Crippen molar-refractivity contribution in [3.8, 4) is 5.75 Å². The van der Waals surface area contributed by atoms with Gasteiger partial charge in [0.05, 0.1) is 13.3 Å². The van der Waals surface area contributed by atoms with Crippen LogP contribution in [0.5, 0.6) is 5.75 Å². The summed E-state index contributed by atoms with van der Waals surface area (Å²) in [6, 6.07) is 7.77. The number of oxime groups is 1. The van der Waals surface area contributed by atoms with Gasteiger partial charge in [-0.1, -0.05) is 19.1 Å². The molecule has 1 N–H and O–H groups in total. The van der Waals surface area contributed by atoms with E-state index in [1.807, 2.05) is 24.3 Å². The van der Waals surface area contributed by atoms with E-state index in [0.29, 0.717) is 0 Å². The Morgan fingerprint density at radius 3 is 2.50 bits per heavy atom. The maximum absolute atomic E-state index is 8.47. The summed E-state index contributed by atoms with van der Waals surface area (Å²) in [5, 5.41) is 11.5. The molecule has 0 spiro atoms. The Kier molecular flexibility index (Phi) is 3.98. The zero-order valence-electron chi connectivity index (χ0n) is 8.47. The molecule has 0 heterocycles. The number of hydrogen-bond acceptors (Lipinski definition) is 3. The average molecular weight is 193 g/mol. The predicted octanol–water partition coefficient (Wildman–Crippen LogP) is 2.65. The molecule has 76 valence electrons. The van der Waals surface area contributed by atoms with Gasteiger partial charge in [0, 0.05) is 5.92 Å². The zero-order valence-corrected chi connectivity index (χ0v) is 8.47. The molecule has 14 heavy (non-hydrogen) atoms. The lowest BCUT2D eigenvalue weighted by molar-refractivity contribution is 0.319. The Morgan fingerprint density at radius 2 is 2.07 bits per heavy atom. The summed E-state index contributed by atoms with van der Waals surface area (Å²) in [5.41, 5.74) is 1.13. The van der Waals surface area contributed by atoms with Gasteiger partial charge in [-0.25, -0.2) is 0 Å². The van der Waals surface area contributed by atoms with E-state index in [1.165, 1.54) is 0 Å². The third kappa shape index (κ3) is 2.49. The van der Waals surface area contributed by atoms with Gasteiger partial charge in [0.1, 0.15) is 5.75 Å². The second-order valence-corrected chi connectivity index (χ2v) is 3.05. The Hall–Kier alpha value is -1.51. The summed E-state index contributed by atoms with van der Waals surface area (Å²) in [7, 11) is 1.64. The van der Waals surface area contributed by atoms with Crippen LogP contribution < -0.4 is 4.74 Å². The maximum atomic E-state index is 8.47. The van der Waals surface area contributed by atoms with Gasteiger partial charge < -0.3 is 9.94 Å². The minimum atomic E-state index is 0.172. The van der Waals surface area contributed by atoms with Crippen LogP contribution in [0, 0.1) is 0 Å². The van der Waals surface area contributed by atoms with Gasteiger partial charge >= 0.3 is 0 Å². The fraction of sp³-hybridized carbons (Fsp3) is 0.364. The van der Waals surface area contributed by atoms with Crippen molar-refractivity contribution in [1.29, 1.82) is 0 Å². The second-order valence-electron chi connectivity index (χ2n) is 3.05. The highest BCUT2D eigenvalue weighted by Crippen LogP contribution is 2.20. The third-order valence-electron chi connectivity index (χ3n) is 2.23. The van der Waals surface area contributed by atoms with E-state index in [9.17, 15) is 0 Å². The third-order valence-corrected chi connectivity index (χ3v) is 2.23. The van der Waals surface area contributed by atoms with Crippen molar-refractivity contribution in [2.75, 3.05) is 7.11 Å². The van der Waals surface area contributed by atoms with Crippen LogP contribution in [0.2, 0.25) is 0 Å². The molecule has 0 saturated carbocycles. The lowest BCUT2D eigenvalue weighted by Gasteiger charge is -2.09. The highest BCUT2D eigenvalue weighted by Gasteiger charge is 2.06. The highest BCUT2D eigenvalue weighted by atomic mass is 16.5. The van der Waals surface area contributed by atoms with E-state index in [0.717, 1.165) is 17.7 Å². The van der Waals surface area contributed by atoms with E-state index in [4.69, 9.17) is 9.94 Å². The molecule has 0 unspecified atom stereocenters. The summed E-state index contributed by atoms with van der Waals surface area (Å²) in [6.45, 7) is 2.05. The lowest BCUT2D eigenvalue weighted by atomic mass is 9.98. The summed E-state index contributed by atoms with van der Waals surface area (Å²) >= 11 is 0. The largest absolute Gasteiger partial charge is 0.497 e. The monoisotopic (exact) mass is 193 g/mol. The first-order valence-corrected chi connectivity index (χ1v) is 4.63. The summed E-state index contributed by atoms with van der Waals surface area (Å²) in [5.74, 6) is 1.01. The SMILES string of the molecule is CC[C@H](/C=N/O)c1ccc(OC)cc1. The number of methoxy groups -OCH3 is 1. The standard InChI is InChI=1S/C11H15NO2/c1-3-9(8-12-13)10-4-6-11(14-2)7-5-10/h4-9,13H,3H2,1-2H3/b12-8+/t9-/m1/s1. The van der Waals surface area contributed by atoms with Crippen LogP contribution in [0.3, 0.4) is 0 Å². The molecule has 0 saturated heterocycles. The van der Waals surface area contributed by atoms with Gasteiger partial charge in [0.2, 0.25) is 0 Å². The zero-order chi connectivity index (χ0) is 10.4. The van der Waals surface area contributed by atoms with Crippen LogP contribution in [0.1, 0.15) is 24.8 Å². The average Bonchev–Trinajstić information content (AvgIpc) is 2.26. The van der Waals surface area contributed by atoms with Crippen molar-refractivity contribution in [1.82, 2.24) is 0 Å². The molecule has 0 amide bonds. The molecule has 0 aliphatic carbocycles. The van der Waals surface area contributed by atoms with Gasteiger partial charge in [-0.3, -0.25) is 0 Å². The smallest absolute Gasteiger partial charge is 0.118 e. The van der Waals surface area contributed by atoms with Crippen LogP contribution >= 0.6 is 0 Å². The number of nitrogens with zero attached hydrogens (tertiary/aromatic N) is 1. The topological polar surface area (TPSA) is 41.8 Å². The molecule has 1 aromatic rings. The minimum absolute atomic E-state index is 0.172. The molecule has 0 aliphatic heterocycles. The summed E-state index contributed by atoms with van der Waals surface area (Å²) < 4.78 is 5.06. The molecule has 1 atom stereocenters. The fourth-order valence-corrected chi connectivity index (χ4v) is 1.36. The quantitative estimate of drug-likeness (QED) is 0.453. The van der Waals surface area contributed by atoms with Crippen LogP contribution in [-0.2, 0) is 0 Å². The number of benzene rings is 1. The van der Waals surface area contributed by atoms with E-state index in [1.54, 1.807) is 13.3 Å². The number of rotatable bonds is 4. The van der Waals surface area contributed by atoms with Crippen molar-refractivity contribution in [3.05, 3.63) is 29.8 Å². The number of ether oxygens (including phenoxy) is 1. The molecule has 0 bridgehead atoms. The van der Waals surface area contributed by atoms with Crippen LogP contribution in [-0.4, -0.2) is 18.5 Å². The van der Waals surface area contributed by atoms with E-state index < -0.39 is 0 Å². The molecule has 0 aromatic heterocycles. The fourth-order valence-electron chi connectivity index (χ4n) is 1.36. The minimum Gasteiger partial charge on any atom is -0.497 e. The van der Waals surface area contributed by atoms with Crippen molar-refractivity contribution in [2.45, 2.75) is 19.3 Å². The van der Waals surface area contributed by atoms with Gasteiger partial charge in [0.15, 0.2) is 0 Å². The molecule has 3 heteroatoms. The van der Waals surface area contributed by atoms with Gasteiger partial charge in [-0.15, -0.1) is 5.16 Å². The first-order chi connectivity index (χ1) is 6.81. The van der Waals surface area contributed by atoms with E-state index >= 15 is 0 Å². The maximum Gasteiger partial charge on any atom is 0.118 e. The van der Waals surface area contributed by atoms with E-state index in [2.05, 4.69) is 12.1 Å². The van der Waals surface area contributed by atoms with Crippen molar-refractivity contribution >= 4 is 6.21 Å². The molecule has 0 radical (unpaired) electrons. The molecule has 0 aliphatic rings. The van der Waals surface area contributed by atoms with Crippen LogP contribution in [0.15, 0.2) is 29.4 Å². The van der Waals surface area contributed by atoms with E-state index in [-0.39, 0.29) is 5.92 Å². The molecule has 0 fully saturated rings. The molecule has 3 nitrogen and oxygen atoms in total. The first kappa shape index (κ1) is 10.6. The molecular formula is C11H15NO2. The van der Waals surface area contributed by atoms with Crippen molar-refractivity contribution in [3.63, 3.8) is 0 Å². The van der Waals surface area contributed by atoms with Crippen molar-refractivity contribution < 1.29 is 9.94 Å². The summed E-state index contributed by atoms with van der Waals surface area (Å²) in [6.07, 6.45) is 2.46. The lowest BCUT2D eigenvalue weighted by Crippen LogP contribution is -1.98. The van der Waals surface area contributed by atoms with Crippen LogP contribution in [0.4, 0.5) is 0 Å². The Labute approximate surface area is 84.0 Å². The predicted molar refractivity (Wildman–Crippen MR) is 56.3 cm³/mol. The second kappa shape index (κ2) is 5.27. The van der Waals surface area contributed by atoms with Gasteiger partial charge in [-0.2, -0.15) is 0 Å². The Bertz CT molecular complexity index is 293. The van der Waals surface area contributed by atoms with Gasteiger partial charge in [-0.05, 0) is 24.1 Å². The molecule has 1 aromatic carbocycles.